The van der Waals surface area contributed by atoms with Gasteiger partial charge < -0.3 is 10.4 Å². The number of nitrogens with one attached hydrogen (secondary N) is 1. The highest BCUT2D eigenvalue weighted by Gasteiger charge is 2.28. The van der Waals surface area contributed by atoms with E-state index in [9.17, 15) is 5.11 Å². The first-order valence-corrected chi connectivity index (χ1v) is 7.29. The molecule has 18 heavy (non-hydrogen) atoms. The molecular weight excluding hydrogens is 222 g/mol. The van der Waals surface area contributed by atoms with Crippen LogP contribution in [-0.2, 0) is 6.42 Å². The standard InChI is InChI=1S/C16H23NO/c1-11(12-5-6-12)10-17-16-4-2-3-13-7-8-14(18)9-15(13)16/h7-9,11-12,16-18H,2-6,10H2,1H3. The molecule has 0 aromatic heterocycles. The van der Waals surface area contributed by atoms with E-state index in [1.807, 2.05) is 12.1 Å². The SMILES string of the molecule is CC(CNC1CCCc2ccc(O)cc21)C1CC1. The zero-order chi connectivity index (χ0) is 12.5. The van der Waals surface area contributed by atoms with Crippen LogP contribution in [0.15, 0.2) is 18.2 Å². The third kappa shape index (κ3) is 2.54. The van der Waals surface area contributed by atoms with Gasteiger partial charge in [0, 0.05) is 6.04 Å². The average molecular weight is 245 g/mol. The van der Waals surface area contributed by atoms with Crippen LogP contribution in [0.5, 0.6) is 5.75 Å². The van der Waals surface area contributed by atoms with Gasteiger partial charge in [0.25, 0.3) is 0 Å². The van der Waals surface area contributed by atoms with Crippen LogP contribution in [0, 0.1) is 11.8 Å². The summed E-state index contributed by atoms with van der Waals surface area (Å²) in [6, 6.07) is 6.30. The number of phenolic OH excluding ortho intramolecular Hbond substituents is 1. The van der Waals surface area contributed by atoms with Crippen molar-refractivity contribution in [2.45, 2.75) is 45.1 Å². The van der Waals surface area contributed by atoms with E-state index in [1.54, 1.807) is 0 Å². The van der Waals surface area contributed by atoms with Crippen molar-refractivity contribution >= 4 is 0 Å². The van der Waals surface area contributed by atoms with Crippen LogP contribution in [0.4, 0.5) is 0 Å². The Hall–Kier alpha value is -1.02. The molecule has 2 unspecified atom stereocenters. The minimum Gasteiger partial charge on any atom is -0.508 e. The molecule has 0 bridgehead atoms. The summed E-state index contributed by atoms with van der Waals surface area (Å²) in [5.74, 6) is 2.16. The molecule has 1 fully saturated rings. The summed E-state index contributed by atoms with van der Waals surface area (Å²) in [6.07, 6.45) is 6.46. The second-order valence-corrected chi connectivity index (χ2v) is 6.05. The number of phenols is 1. The van der Waals surface area contributed by atoms with E-state index in [2.05, 4.69) is 18.3 Å². The summed E-state index contributed by atoms with van der Waals surface area (Å²) in [6.45, 7) is 3.47. The molecule has 3 rings (SSSR count). The zero-order valence-electron chi connectivity index (χ0n) is 11.2. The van der Waals surface area contributed by atoms with Crippen molar-refractivity contribution in [3.63, 3.8) is 0 Å². The highest BCUT2D eigenvalue weighted by molar-refractivity contribution is 5.38. The van der Waals surface area contributed by atoms with E-state index in [0.717, 1.165) is 24.8 Å². The van der Waals surface area contributed by atoms with E-state index in [-0.39, 0.29) is 0 Å². The topological polar surface area (TPSA) is 32.3 Å². The third-order valence-electron chi connectivity index (χ3n) is 4.56. The van der Waals surface area contributed by atoms with Gasteiger partial charge >= 0.3 is 0 Å². The summed E-state index contributed by atoms with van der Waals surface area (Å²) in [7, 11) is 0. The van der Waals surface area contributed by atoms with Crippen molar-refractivity contribution in [2.75, 3.05) is 6.54 Å². The number of rotatable bonds is 4. The number of fused-ring (bicyclic) bond motifs is 1. The van der Waals surface area contributed by atoms with Gasteiger partial charge in [0.1, 0.15) is 5.75 Å². The molecule has 0 radical (unpaired) electrons. The molecule has 2 aliphatic rings. The maximum Gasteiger partial charge on any atom is 0.115 e. The molecule has 2 aliphatic carbocycles. The monoisotopic (exact) mass is 245 g/mol. The minimum atomic E-state index is 0.401. The maximum absolute atomic E-state index is 9.65. The van der Waals surface area contributed by atoms with Gasteiger partial charge in [0.05, 0.1) is 0 Å². The van der Waals surface area contributed by atoms with Gasteiger partial charge in [-0.3, -0.25) is 0 Å². The minimum absolute atomic E-state index is 0.401. The molecule has 1 aromatic carbocycles. The smallest absolute Gasteiger partial charge is 0.115 e. The molecule has 0 spiro atoms. The van der Waals surface area contributed by atoms with Gasteiger partial charge in [-0.1, -0.05) is 13.0 Å². The van der Waals surface area contributed by atoms with E-state index in [4.69, 9.17) is 0 Å². The number of hydrogen-bond donors (Lipinski definition) is 2. The van der Waals surface area contributed by atoms with Gasteiger partial charge in [-0.05, 0) is 73.7 Å². The van der Waals surface area contributed by atoms with Crippen LogP contribution >= 0.6 is 0 Å². The fourth-order valence-corrected chi connectivity index (χ4v) is 3.16. The Morgan fingerprint density at radius 1 is 1.33 bits per heavy atom. The molecule has 2 heteroatoms. The lowest BCUT2D eigenvalue weighted by molar-refractivity contribution is 0.390. The van der Waals surface area contributed by atoms with Crippen LogP contribution < -0.4 is 5.32 Å². The fourth-order valence-electron chi connectivity index (χ4n) is 3.16. The predicted molar refractivity (Wildman–Crippen MR) is 73.7 cm³/mol. The largest absolute Gasteiger partial charge is 0.508 e. The van der Waals surface area contributed by atoms with Gasteiger partial charge in [-0.25, -0.2) is 0 Å². The highest BCUT2D eigenvalue weighted by atomic mass is 16.3. The number of aromatic hydroxyl groups is 1. The molecule has 1 saturated carbocycles. The van der Waals surface area contributed by atoms with E-state index >= 15 is 0 Å². The molecule has 2 N–H and O–H groups in total. The van der Waals surface area contributed by atoms with Gasteiger partial charge in [-0.2, -0.15) is 0 Å². The quantitative estimate of drug-likeness (QED) is 0.852. The van der Waals surface area contributed by atoms with Crippen molar-refractivity contribution in [3.05, 3.63) is 29.3 Å². The number of hydrogen-bond acceptors (Lipinski definition) is 2. The molecule has 0 aliphatic heterocycles. The zero-order valence-corrected chi connectivity index (χ0v) is 11.2. The number of benzene rings is 1. The summed E-state index contributed by atoms with van der Waals surface area (Å²) in [5, 5.41) is 13.4. The molecule has 2 nitrogen and oxygen atoms in total. The Kier molecular flexibility index (Phi) is 3.29. The Balaban J connectivity index is 1.68. The van der Waals surface area contributed by atoms with Crippen molar-refractivity contribution in [2.24, 2.45) is 11.8 Å². The molecule has 2 atom stereocenters. The van der Waals surface area contributed by atoms with Crippen molar-refractivity contribution in [3.8, 4) is 5.75 Å². The highest BCUT2D eigenvalue weighted by Crippen LogP contribution is 2.37. The summed E-state index contributed by atoms with van der Waals surface area (Å²) in [4.78, 5) is 0. The number of aryl methyl sites for hydroxylation is 1. The van der Waals surface area contributed by atoms with Crippen LogP contribution in [0.25, 0.3) is 0 Å². The first-order chi connectivity index (χ1) is 8.74. The van der Waals surface area contributed by atoms with Gasteiger partial charge in [-0.15, -0.1) is 0 Å². The fraction of sp³-hybridized carbons (Fsp3) is 0.625. The normalized spacial score (nSPS) is 24.6. The van der Waals surface area contributed by atoms with E-state index in [0.29, 0.717) is 11.8 Å². The lowest BCUT2D eigenvalue weighted by atomic mass is 9.87. The second-order valence-electron chi connectivity index (χ2n) is 6.05. The van der Waals surface area contributed by atoms with Crippen molar-refractivity contribution < 1.29 is 5.11 Å². The predicted octanol–water partition coefficient (Wildman–Crippen LogP) is 3.41. The molecule has 0 heterocycles. The first-order valence-electron chi connectivity index (χ1n) is 7.29. The third-order valence-corrected chi connectivity index (χ3v) is 4.56. The Labute approximate surface area is 109 Å². The maximum atomic E-state index is 9.65. The summed E-state index contributed by atoms with van der Waals surface area (Å²) < 4.78 is 0. The van der Waals surface area contributed by atoms with Crippen molar-refractivity contribution in [1.29, 1.82) is 0 Å². The molecule has 0 amide bonds. The molecular formula is C16H23NO. The average Bonchev–Trinajstić information content (AvgIpc) is 3.20. The Bertz CT molecular complexity index is 425. The Morgan fingerprint density at radius 3 is 2.94 bits per heavy atom. The van der Waals surface area contributed by atoms with E-state index < -0.39 is 0 Å². The lowest BCUT2D eigenvalue weighted by Gasteiger charge is -2.28. The van der Waals surface area contributed by atoms with Crippen LogP contribution in [-0.4, -0.2) is 11.7 Å². The molecule has 0 saturated heterocycles. The summed E-state index contributed by atoms with van der Waals surface area (Å²) in [5.41, 5.74) is 2.74. The van der Waals surface area contributed by atoms with Crippen molar-refractivity contribution in [1.82, 2.24) is 5.32 Å². The first kappa shape index (κ1) is 12.0. The van der Waals surface area contributed by atoms with Gasteiger partial charge in [0.15, 0.2) is 0 Å². The van der Waals surface area contributed by atoms with Gasteiger partial charge in [0.2, 0.25) is 0 Å². The molecule has 1 aromatic rings. The molecule has 98 valence electrons. The van der Waals surface area contributed by atoms with Crippen LogP contribution in [0.2, 0.25) is 0 Å². The van der Waals surface area contributed by atoms with Crippen LogP contribution in [0.1, 0.15) is 49.8 Å². The second kappa shape index (κ2) is 4.93. The van der Waals surface area contributed by atoms with E-state index in [1.165, 1.54) is 36.8 Å². The van der Waals surface area contributed by atoms with Crippen LogP contribution in [0.3, 0.4) is 0 Å². The summed E-state index contributed by atoms with van der Waals surface area (Å²) >= 11 is 0. The Morgan fingerprint density at radius 2 is 2.17 bits per heavy atom. The lowest BCUT2D eigenvalue weighted by Crippen LogP contribution is -2.29.